The molecule has 0 aliphatic carbocycles. The van der Waals surface area contributed by atoms with Gasteiger partial charge in [0.2, 0.25) is 0 Å². The van der Waals surface area contributed by atoms with Crippen molar-refractivity contribution in [3.8, 4) is 0 Å². The quantitative estimate of drug-likeness (QED) is 0.453. The molecule has 1 atom stereocenters. The van der Waals surface area contributed by atoms with E-state index in [1.807, 2.05) is 0 Å². The molecule has 0 fully saturated rings. The molecule has 1 unspecified atom stereocenters. The maximum absolute atomic E-state index is 10.0. The fourth-order valence-electron chi connectivity index (χ4n) is 0.211. The summed E-state index contributed by atoms with van der Waals surface area (Å²) in [4.78, 5) is 0. The van der Waals surface area contributed by atoms with Crippen molar-refractivity contribution in [1.29, 1.82) is 0 Å². The van der Waals surface area contributed by atoms with E-state index in [1.165, 1.54) is 0 Å². The minimum atomic E-state index is -3.89. The second kappa shape index (κ2) is 2.70. The molecule has 0 aromatic rings. The summed E-state index contributed by atoms with van der Waals surface area (Å²) < 4.78 is 27.3. The van der Waals surface area contributed by atoms with E-state index in [0.29, 0.717) is 6.42 Å². The van der Waals surface area contributed by atoms with Gasteiger partial charge in [0, 0.05) is 0 Å². The van der Waals surface area contributed by atoms with Crippen molar-refractivity contribution >= 4 is 22.7 Å². The van der Waals surface area contributed by atoms with Crippen LogP contribution in [0.15, 0.2) is 0 Å². The summed E-state index contributed by atoms with van der Waals surface area (Å²) in [6, 6.07) is 0. The monoisotopic (exact) mass is 156 g/mol. The van der Waals surface area contributed by atoms with Gasteiger partial charge in [-0.3, -0.25) is 4.55 Å². The van der Waals surface area contributed by atoms with Crippen LogP contribution in [0.4, 0.5) is 0 Å². The van der Waals surface area contributed by atoms with Crippen molar-refractivity contribution in [2.45, 2.75) is 17.9 Å². The summed E-state index contributed by atoms with van der Waals surface area (Å²) in [6.45, 7) is 1.63. The van der Waals surface area contributed by atoms with Crippen molar-refractivity contribution in [1.82, 2.24) is 0 Å². The van der Waals surface area contributed by atoms with E-state index < -0.39 is 14.7 Å². The Morgan fingerprint density at radius 2 is 2.12 bits per heavy atom. The lowest BCUT2D eigenvalue weighted by molar-refractivity contribution is 0.479. The molecule has 3 nitrogen and oxygen atoms in total. The van der Waals surface area contributed by atoms with Gasteiger partial charge in [0.25, 0.3) is 10.1 Å². The first-order chi connectivity index (χ1) is 3.48. The molecule has 0 radical (unpaired) electrons. The summed E-state index contributed by atoms with van der Waals surface area (Å²) in [7, 11) is -3.89. The third kappa shape index (κ3) is 2.54. The van der Waals surface area contributed by atoms with Crippen LogP contribution < -0.4 is 0 Å². The van der Waals surface area contributed by atoms with Crippen LogP contribution >= 0.6 is 12.6 Å². The van der Waals surface area contributed by atoms with Gasteiger partial charge in [-0.1, -0.05) is 6.92 Å². The zero-order chi connectivity index (χ0) is 6.78. The highest BCUT2D eigenvalue weighted by Crippen LogP contribution is 2.06. The first-order valence-corrected chi connectivity index (χ1v) is 4.14. The number of hydrogen-bond donors (Lipinski definition) is 2. The molecule has 5 heteroatoms. The molecular formula is C3H8O3S2. The van der Waals surface area contributed by atoms with Crippen LogP contribution in [0.1, 0.15) is 13.3 Å². The second-order valence-corrected chi connectivity index (χ2v) is 3.95. The summed E-state index contributed by atoms with van der Waals surface area (Å²) >= 11 is 3.57. The smallest absolute Gasteiger partial charge is 0.276 e. The zero-order valence-corrected chi connectivity index (χ0v) is 6.11. The molecule has 0 saturated heterocycles. The highest BCUT2D eigenvalue weighted by Gasteiger charge is 2.14. The van der Waals surface area contributed by atoms with Crippen molar-refractivity contribution in [2.75, 3.05) is 0 Å². The summed E-state index contributed by atoms with van der Waals surface area (Å²) in [6.07, 6.45) is 0.321. The molecule has 0 saturated carbocycles. The Morgan fingerprint density at radius 1 is 1.75 bits per heavy atom. The van der Waals surface area contributed by atoms with Crippen LogP contribution in [-0.2, 0) is 10.1 Å². The summed E-state index contributed by atoms with van der Waals surface area (Å²) in [5, 5.41) is 0. The molecule has 0 aromatic heterocycles. The summed E-state index contributed by atoms with van der Waals surface area (Å²) in [5.74, 6) is 0. The number of hydrogen-bond acceptors (Lipinski definition) is 3. The molecule has 0 aromatic carbocycles. The largest absolute Gasteiger partial charge is 0.285 e. The highest BCUT2D eigenvalue weighted by molar-refractivity contribution is 8.01. The fraction of sp³-hybridized carbons (Fsp3) is 1.00. The van der Waals surface area contributed by atoms with Crippen LogP contribution in [0.25, 0.3) is 0 Å². The average Bonchev–Trinajstić information content (AvgIpc) is 1.62. The Balaban J connectivity index is 4.04. The molecule has 0 spiro atoms. The minimum Gasteiger partial charge on any atom is -0.285 e. The maximum Gasteiger partial charge on any atom is 0.276 e. The van der Waals surface area contributed by atoms with Crippen LogP contribution in [0.3, 0.4) is 0 Å². The van der Waals surface area contributed by atoms with E-state index in [-0.39, 0.29) is 0 Å². The van der Waals surface area contributed by atoms with Crippen molar-refractivity contribution < 1.29 is 13.0 Å². The average molecular weight is 156 g/mol. The van der Waals surface area contributed by atoms with E-state index in [2.05, 4.69) is 12.6 Å². The van der Waals surface area contributed by atoms with Gasteiger partial charge in [-0.15, -0.1) is 0 Å². The van der Waals surface area contributed by atoms with Gasteiger partial charge in [0.1, 0.15) is 4.58 Å². The number of thiol groups is 1. The molecule has 50 valence electrons. The molecule has 0 rings (SSSR count). The first-order valence-electron chi connectivity index (χ1n) is 2.13. The van der Waals surface area contributed by atoms with Gasteiger partial charge in [0.05, 0.1) is 0 Å². The van der Waals surface area contributed by atoms with E-state index in [0.717, 1.165) is 0 Å². The lowest BCUT2D eigenvalue weighted by Crippen LogP contribution is -2.11. The molecular weight excluding hydrogens is 148 g/mol. The first kappa shape index (κ1) is 8.26. The predicted molar refractivity (Wildman–Crippen MR) is 34.6 cm³/mol. The lowest BCUT2D eigenvalue weighted by Gasteiger charge is -1.99. The normalized spacial score (nSPS) is 15.9. The molecule has 0 heterocycles. The van der Waals surface area contributed by atoms with Crippen molar-refractivity contribution in [2.24, 2.45) is 0 Å². The summed E-state index contributed by atoms with van der Waals surface area (Å²) in [5.41, 5.74) is 0. The highest BCUT2D eigenvalue weighted by atomic mass is 32.3. The Hall–Kier alpha value is 0.260. The molecule has 0 aliphatic rings. The Kier molecular flexibility index (Phi) is 2.79. The fourth-order valence-corrected chi connectivity index (χ4v) is 0.632. The zero-order valence-electron chi connectivity index (χ0n) is 4.40. The van der Waals surface area contributed by atoms with E-state index in [4.69, 9.17) is 4.55 Å². The van der Waals surface area contributed by atoms with Gasteiger partial charge in [-0.05, 0) is 6.42 Å². The topological polar surface area (TPSA) is 54.4 Å². The second-order valence-electron chi connectivity index (χ2n) is 1.38. The van der Waals surface area contributed by atoms with E-state index >= 15 is 0 Å². The van der Waals surface area contributed by atoms with Crippen LogP contribution in [-0.4, -0.2) is 17.6 Å². The van der Waals surface area contributed by atoms with Crippen LogP contribution in [0.5, 0.6) is 0 Å². The van der Waals surface area contributed by atoms with Crippen LogP contribution in [0, 0.1) is 0 Å². The van der Waals surface area contributed by atoms with Crippen LogP contribution in [0.2, 0.25) is 0 Å². The standard InChI is InChI=1S/C3H8O3S2/c1-2-3(7)8(4,5)6/h3,7H,2H2,1H3,(H,4,5,6). The third-order valence-corrected chi connectivity index (χ3v) is 2.88. The Morgan fingerprint density at radius 3 is 2.12 bits per heavy atom. The van der Waals surface area contributed by atoms with Crippen molar-refractivity contribution in [3.63, 3.8) is 0 Å². The van der Waals surface area contributed by atoms with Gasteiger partial charge in [0.15, 0.2) is 0 Å². The lowest BCUT2D eigenvalue weighted by atomic mass is 10.6. The van der Waals surface area contributed by atoms with Gasteiger partial charge < -0.3 is 0 Å². The van der Waals surface area contributed by atoms with Gasteiger partial charge >= 0.3 is 0 Å². The molecule has 0 bridgehead atoms. The van der Waals surface area contributed by atoms with E-state index in [9.17, 15) is 8.42 Å². The minimum absolute atomic E-state index is 0.321. The molecule has 0 amide bonds. The van der Waals surface area contributed by atoms with Crippen molar-refractivity contribution in [3.05, 3.63) is 0 Å². The van der Waals surface area contributed by atoms with Gasteiger partial charge in [-0.25, -0.2) is 0 Å². The third-order valence-electron chi connectivity index (χ3n) is 0.693. The molecule has 0 aliphatic heterocycles. The van der Waals surface area contributed by atoms with Gasteiger partial charge in [-0.2, -0.15) is 21.0 Å². The van der Waals surface area contributed by atoms with E-state index in [1.54, 1.807) is 6.92 Å². The SMILES string of the molecule is CCC(S)S(=O)(=O)O. The molecule has 1 N–H and O–H groups in total. The Labute approximate surface area is 54.3 Å². The maximum atomic E-state index is 10.0. The molecule has 8 heavy (non-hydrogen) atoms. The Bertz CT molecular complexity index is 148. The number of rotatable bonds is 2. The predicted octanol–water partition coefficient (Wildman–Crippen LogP) is 0.540.